The van der Waals surface area contributed by atoms with Gasteiger partial charge >= 0.3 is 0 Å². The van der Waals surface area contributed by atoms with Crippen LogP contribution in [0.2, 0.25) is 18.1 Å². The van der Waals surface area contributed by atoms with Crippen LogP contribution in [0.25, 0.3) is 0 Å². The maximum absolute atomic E-state index is 13.4. The first-order chi connectivity index (χ1) is 14.4. The molecule has 0 spiro atoms. The van der Waals surface area contributed by atoms with Crippen LogP contribution in [0.3, 0.4) is 0 Å². The lowest BCUT2D eigenvalue weighted by Crippen LogP contribution is -2.44. The molecule has 0 aliphatic carbocycles. The fourth-order valence-electron chi connectivity index (χ4n) is 3.44. The van der Waals surface area contributed by atoms with Gasteiger partial charge in [0.1, 0.15) is 11.5 Å². The van der Waals surface area contributed by atoms with Gasteiger partial charge in [0.25, 0.3) is 0 Å². The number of nitrogens with zero attached hydrogens (tertiary/aromatic N) is 1. The van der Waals surface area contributed by atoms with Gasteiger partial charge in [0, 0.05) is 34.4 Å². The lowest BCUT2D eigenvalue weighted by atomic mass is 9.95. The van der Waals surface area contributed by atoms with E-state index in [0.717, 1.165) is 33.5 Å². The van der Waals surface area contributed by atoms with E-state index in [0.29, 0.717) is 13.2 Å². The van der Waals surface area contributed by atoms with E-state index >= 15 is 0 Å². The smallest absolute Gasteiger partial charge is 0.231 e. The standard InChI is InChI=1S/C24H38INO4Si/c1-17-14-21(25)20(10-9-13-30-31(7,8)24(2,3)4)23(27)26(17)16-18-11-12-19(28-5)15-22(18)29-6/h11-12,14-15,17,20H,9-10,13,16H2,1-8H3/t17-,20+/m0/s1. The van der Waals surface area contributed by atoms with Gasteiger partial charge in [-0.1, -0.05) is 26.8 Å². The molecule has 1 aliphatic heterocycles. The van der Waals surface area contributed by atoms with Crippen LogP contribution in [0, 0.1) is 5.92 Å². The van der Waals surface area contributed by atoms with Crippen LogP contribution in [0.5, 0.6) is 11.5 Å². The molecule has 1 heterocycles. The Hall–Kier alpha value is -1.06. The largest absolute Gasteiger partial charge is 0.497 e. The van der Waals surface area contributed by atoms with Crippen LogP contribution in [0.4, 0.5) is 0 Å². The molecule has 0 N–H and O–H groups in total. The van der Waals surface area contributed by atoms with Crippen LogP contribution in [0.15, 0.2) is 27.9 Å². The Balaban J connectivity index is 2.06. The highest BCUT2D eigenvalue weighted by Gasteiger charge is 2.37. The molecule has 0 unspecified atom stereocenters. The Kier molecular flexibility index (Phi) is 9.04. The molecule has 1 amide bonds. The number of halogens is 1. The SMILES string of the molecule is COc1ccc(CN2C(=O)[C@H](CCCO[Si](C)(C)C(C)(C)C)C(I)=C[C@@H]2C)c(OC)c1. The number of ether oxygens (including phenoxy) is 2. The van der Waals surface area contributed by atoms with E-state index in [4.69, 9.17) is 13.9 Å². The first-order valence-electron chi connectivity index (χ1n) is 10.9. The van der Waals surface area contributed by atoms with Gasteiger partial charge in [0.05, 0.1) is 20.1 Å². The molecule has 0 aromatic heterocycles. The minimum absolute atomic E-state index is 0.0472. The first-order valence-corrected chi connectivity index (χ1v) is 14.9. The van der Waals surface area contributed by atoms with Crippen molar-refractivity contribution in [2.75, 3.05) is 20.8 Å². The third kappa shape index (κ3) is 6.48. The van der Waals surface area contributed by atoms with Crippen LogP contribution in [0.1, 0.15) is 46.1 Å². The van der Waals surface area contributed by atoms with Crippen LogP contribution in [-0.4, -0.2) is 46.0 Å². The average molecular weight is 560 g/mol. The van der Waals surface area contributed by atoms with Crippen molar-refractivity contribution in [2.45, 2.75) is 71.3 Å². The van der Waals surface area contributed by atoms with Gasteiger partial charge in [-0.2, -0.15) is 0 Å². The fraction of sp³-hybridized carbons (Fsp3) is 0.625. The fourth-order valence-corrected chi connectivity index (χ4v) is 5.62. The molecule has 1 aromatic rings. The number of carbonyl (C=O) groups excluding carboxylic acids is 1. The predicted molar refractivity (Wildman–Crippen MR) is 138 cm³/mol. The summed E-state index contributed by atoms with van der Waals surface area (Å²) in [5.41, 5.74) is 0.980. The number of hydrogen-bond acceptors (Lipinski definition) is 4. The number of carbonyl (C=O) groups is 1. The number of methoxy groups -OCH3 is 2. The topological polar surface area (TPSA) is 48.0 Å². The molecule has 1 aromatic carbocycles. The van der Waals surface area contributed by atoms with Crippen molar-refractivity contribution in [3.05, 3.63) is 33.4 Å². The minimum atomic E-state index is -1.76. The predicted octanol–water partition coefficient (Wildman–Crippen LogP) is 6.17. The molecular formula is C24H38INO4Si. The normalized spacial score (nSPS) is 20.0. The summed E-state index contributed by atoms with van der Waals surface area (Å²) in [6.07, 6.45) is 3.90. The Bertz CT molecular complexity index is 803. The van der Waals surface area contributed by atoms with Gasteiger partial charge in [-0.25, -0.2) is 0 Å². The summed E-state index contributed by atoms with van der Waals surface area (Å²) in [5, 5.41) is 0.200. The maximum Gasteiger partial charge on any atom is 0.231 e. The molecule has 1 aliphatic rings. The number of hydrogen-bond donors (Lipinski definition) is 0. The lowest BCUT2D eigenvalue weighted by molar-refractivity contribution is -0.137. The molecule has 7 heteroatoms. The zero-order chi connectivity index (χ0) is 23.4. The van der Waals surface area contributed by atoms with Crippen LogP contribution < -0.4 is 9.47 Å². The van der Waals surface area contributed by atoms with Crippen molar-refractivity contribution >= 4 is 36.8 Å². The highest BCUT2D eigenvalue weighted by atomic mass is 127. The molecule has 0 radical (unpaired) electrons. The molecule has 0 fully saturated rings. The van der Waals surface area contributed by atoms with Gasteiger partial charge in [0.15, 0.2) is 8.32 Å². The van der Waals surface area contributed by atoms with Gasteiger partial charge < -0.3 is 18.8 Å². The molecule has 31 heavy (non-hydrogen) atoms. The summed E-state index contributed by atoms with van der Waals surface area (Å²) >= 11 is 2.33. The van der Waals surface area contributed by atoms with Gasteiger partial charge in [0.2, 0.25) is 5.91 Å². The van der Waals surface area contributed by atoms with Crippen LogP contribution in [-0.2, 0) is 15.8 Å². The quantitative estimate of drug-likeness (QED) is 0.206. The Labute approximate surface area is 202 Å². The average Bonchev–Trinajstić information content (AvgIpc) is 2.69. The highest BCUT2D eigenvalue weighted by molar-refractivity contribution is 14.1. The second-order valence-corrected chi connectivity index (χ2v) is 15.8. The molecule has 0 saturated carbocycles. The second-order valence-electron chi connectivity index (χ2n) is 9.74. The van der Waals surface area contributed by atoms with E-state index in [1.165, 1.54) is 0 Å². The Morgan fingerprint density at radius 1 is 1.16 bits per heavy atom. The molecule has 174 valence electrons. The van der Waals surface area contributed by atoms with E-state index in [1.807, 2.05) is 23.1 Å². The van der Waals surface area contributed by atoms with Crippen molar-refractivity contribution in [3.63, 3.8) is 0 Å². The monoisotopic (exact) mass is 559 g/mol. The van der Waals surface area contributed by atoms with Gasteiger partial charge in [-0.15, -0.1) is 0 Å². The number of amides is 1. The molecule has 0 saturated heterocycles. The number of rotatable bonds is 9. The van der Waals surface area contributed by atoms with E-state index in [1.54, 1.807) is 14.2 Å². The van der Waals surface area contributed by atoms with Crippen molar-refractivity contribution < 1.29 is 18.7 Å². The van der Waals surface area contributed by atoms with E-state index in [9.17, 15) is 4.79 Å². The van der Waals surface area contributed by atoms with Crippen molar-refractivity contribution in [1.29, 1.82) is 0 Å². The minimum Gasteiger partial charge on any atom is -0.497 e. The lowest BCUT2D eigenvalue weighted by Gasteiger charge is -2.37. The van der Waals surface area contributed by atoms with Crippen molar-refractivity contribution in [1.82, 2.24) is 4.90 Å². The summed E-state index contributed by atoms with van der Waals surface area (Å²) in [5.74, 6) is 1.57. The molecule has 2 rings (SSSR count). The zero-order valence-electron chi connectivity index (χ0n) is 20.3. The van der Waals surface area contributed by atoms with Crippen molar-refractivity contribution in [2.24, 2.45) is 5.92 Å². The molecule has 5 nitrogen and oxygen atoms in total. The van der Waals surface area contributed by atoms with Crippen LogP contribution >= 0.6 is 22.6 Å². The molecule has 2 atom stereocenters. The van der Waals surface area contributed by atoms with Gasteiger partial charge in [-0.3, -0.25) is 4.79 Å². The highest BCUT2D eigenvalue weighted by Crippen LogP contribution is 2.37. The summed E-state index contributed by atoms with van der Waals surface area (Å²) in [7, 11) is 1.53. The summed E-state index contributed by atoms with van der Waals surface area (Å²) in [4.78, 5) is 15.4. The summed E-state index contributed by atoms with van der Waals surface area (Å²) in [6, 6.07) is 5.80. The Morgan fingerprint density at radius 2 is 1.84 bits per heavy atom. The maximum atomic E-state index is 13.4. The molecular weight excluding hydrogens is 521 g/mol. The second kappa shape index (κ2) is 10.7. The third-order valence-electron chi connectivity index (χ3n) is 6.55. The molecule has 0 bridgehead atoms. The van der Waals surface area contributed by atoms with E-state index in [2.05, 4.69) is 69.5 Å². The summed E-state index contributed by atoms with van der Waals surface area (Å²) in [6.45, 7) is 14.6. The zero-order valence-corrected chi connectivity index (χ0v) is 23.4. The van der Waals surface area contributed by atoms with Crippen molar-refractivity contribution in [3.8, 4) is 11.5 Å². The van der Waals surface area contributed by atoms with Gasteiger partial charge in [-0.05, 0) is 72.6 Å². The Morgan fingerprint density at radius 3 is 2.42 bits per heavy atom. The first kappa shape index (κ1) is 26.2. The number of benzene rings is 1. The summed E-state index contributed by atoms with van der Waals surface area (Å²) < 4.78 is 18.3. The third-order valence-corrected chi connectivity index (χ3v) is 12.2. The van der Waals surface area contributed by atoms with E-state index in [-0.39, 0.29) is 22.9 Å². The van der Waals surface area contributed by atoms with E-state index < -0.39 is 8.32 Å².